The Bertz CT molecular complexity index is 277. The van der Waals surface area contributed by atoms with Crippen molar-refractivity contribution in [2.75, 3.05) is 0 Å². The lowest BCUT2D eigenvalue weighted by molar-refractivity contribution is -0.117. The van der Waals surface area contributed by atoms with Gasteiger partial charge in [0.05, 0.1) is 0 Å². The first-order valence-electron chi connectivity index (χ1n) is 5.42. The molecule has 0 aliphatic carbocycles. The van der Waals surface area contributed by atoms with Crippen LogP contribution in [0.15, 0.2) is 24.3 Å². The number of benzene rings is 1. The minimum Gasteiger partial charge on any atom is -0.300 e. The summed E-state index contributed by atoms with van der Waals surface area (Å²) in [6.45, 7) is 5.59. The normalized spacial score (nSPS) is 9.07. The van der Waals surface area contributed by atoms with Gasteiger partial charge in [0.1, 0.15) is 11.6 Å². The summed E-state index contributed by atoms with van der Waals surface area (Å²) in [5, 5.41) is 0. The van der Waals surface area contributed by atoms with E-state index < -0.39 is 0 Å². The van der Waals surface area contributed by atoms with Gasteiger partial charge < -0.3 is 4.79 Å². The lowest BCUT2D eigenvalue weighted by atomic mass is 10.1. The summed E-state index contributed by atoms with van der Waals surface area (Å²) in [4.78, 5) is 10.6. The van der Waals surface area contributed by atoms with Crippen molar-refractivity contribution in [1.82, 2.24) is 0 Å². The predicted octanol–water partition coefficient (Wildman–Crippen LogP) is 3.76. The minimum atomic E-state index is -0.213. The minimum absolute atomic E-state index is 0.210. The van der Waals surface area contributed by atoms with E-state index in [0.29, 0.717) is 6.42 Å². The number of Topliss-reactive ketones (excluding diaryl/α,β-unsaturated/α-hetero) is 1. The molecule has 0 spiro atoms. The van der Waals surface area contributed by atoms with E-state index in [1.807, 2.05) is 13.8 Å². The first-order valence-corrected chi connectivity index (χ1v) is 5.42. The Labute approximate surface area is 91.3 Å². The van der Waals surface area contributed by atoms with Crippen molar-refractivity contribution in [3.63, 3.8) is 0 Å². The molecule has 1 rings (SSSR count). The molecule has 84 valence electrons. The second-order valence-electron chi connectivity index (χ2n) is 3.18. The van der Waals surface area contributed by atoms with Crippen molar-refractivity contribution in [2.24, 2.45) is 0 Å². The zero-order chi connectivity index (χ0) is 11.7. The third kappa shape index (κ3) is 6.83. The first-order chi connectivity index (χ1) is 7.18. The van der Waals surface area contributed by atoms with Gasteiger partial charge in [-0.05, 0) is 37.5 Å². The molecular weight excluding hydrogens is 191 g/mol. The average molecular weight is 210 g/mol. The van der Waals surface area contributed by atoms with E-state index in [2.05, 4.69) is 0 Å². The Hall–Kier alpha value is -1.18. The molecule has 0 aromatic heterocycles. The van der Waals surface area contributed by atoms with E-state index in [4.69, 9.17) is 0 Å². The smallest absolute Gasteiger partial charge is 0.129 e. The van der Waals surface area contributed by atoms with E-state index in [9.17, 15) is 9.18 Å². The molecule has 1 nitrogen and oxygen atoms in total. The lowest BCUT2D eigenvalue weighted by Gasteiger charge is -1.98. The Kier molecular flexibility index (Phi) is 7.51. The molecule has 0 saturated heterocycles. The molecule has 2 heteroatoms. The summed E-state index contributed by atoms with van der Waals surface area (Å²) >= 11 is 0. The van der Waals surface area contributed by atoms with E-state index in [1.54, 1.807) is 19.1 Å². The van der Waals surface area contributed by atoms with Gasteiger partial charge in [0.15, 0.2) is 0 Å². The molecule has 0 saturated carbocycles. The van der Waals surface area contributed by atoms with Crippen LogP contribution in [0.2, 0.25) is 0 Å². The molecule has 0 fully saturated rings. The summed E-state index contributed by atoms with van der Waals surface area (Å²) in [6.07, 6.45) is 2.30. The summed E-state index contributed by atoms with van der Waals surface area (Å²) in [5.74, 6) is -0.00238. The molecule has 0 aliphatic heterocycles. The van der Waals surface area contributed by atoms with Crippen LogP contribution < -0.4 is 0 Å². The third-order valence-corrected chi connectivity index (χ3v) is 1.91. The molecule has 0 aliphatic rings. The van der Waals surface area contributed by atoms with Crippen molar-refractivity contribution in [3.8, 4) is 0 Å². The number of aryl methyl sites for hydroxylation is 1. The van der Waals surface area contributed by atoms with Crippen molar-refractivity contribution < 1.29 is 9.18 Å². The van der Waals surface area contributed by atoms with Gasteiger partial charge >= 0.3 is 0 Å². The number of hydrogen-bond donors (Lipinski definition) is 0. The predicted molar refractivity (Wildman–Crippen MR) is 61.4 cm³/mol. The molecule has 1 aromatic rings. The molecule has 0 heterocycles. The van der Waals surface area contributed by atoms with Gasteiger partial charge in [-0.25, -0.2) is 4.39 Å². The van der Waals surface area contributed by atoms with Gasteiger partial charge in [-0.2, -0.15) is 0 Å². The van der Waals surface area contributed by atoms with E-state index in [-0.39, 0.29) is 11.6 Å². The molecule has 0 unspecified atom stereocenters. The van der Waals surface area contributed by atoms with E-state index >= 15 is 0 Å². The number of carbonyl (C=O) groups excluding carboxylic acids is 1. The van der Waals surface area contributed by atoms with Crippen molar-refractivity contribution in [2.45, 2.75) is 40.0 Å². The molecule has 15 heavy (non-hydrogen) atoms. The van der Waals surface area contributed by atoms with Crippen LogP contribution in [0.4, 0.5) is 4.39 Å². The number of hydrogen-bond acceptors (Lipinski definition) is 1. The zero-order valence-electron chi connectivity index (χ0n) is 9.72. The average Bonchev–Trinajstić information content (AvgIpc) is 2.23. The Balaban J connectivity index is 0.000000921. The van der Waals surface area contributed by atoms with Crippen LogP contribution in [-0.4, -0.2) is 5.78 Å². The van der Waals surface area contributed by atoms with Crippen LogP contribution in [0.3, 0.4) is 0 Å². The van der Waals surface area contributed by atoms with E-state index in [0.717, 1.165) is 18.4 Å². The molecule has 1 aromatic carbocycles. The Morgan fingerprint density at radius 2 is 1.73 bits per heavy atom. The standard InChI is InChI=1S/C11H13FO.C2H6/c1-9(13)3-2-4-10-5-7-11(12)8-6-10;1-2/h5-8H,2-4H2,1H3;1-2H3. The highest BCUT2D eigenvalue weighted by Gasteiger charge is 1.96. The number of rotatable bonds is 4. The second-order valence-corrected chi connectivity index (χ2v) is 3.18. The van der Waals surface area contributed by atoms with Crippen LogP contribution in [0.5, 0.6) is 0 Å². The summed E-state index contributed by atoms with van der Waals surface area (Å²) in [7, 11) is 0. The Morgan fingerprint density at radius 1 is 1.20 bits per heavy atom. The SMILES string of the molecule is CC.CC(=O)CCCc1ccc(F)cc1. The number of carbonyl (C=O) groups is 1. The van der Waals surface area contributed by atoms with Crippen LogP contribution >= 0.6 is 0 Å². The monoisotopic (exact) mass is 210 g/mol. The van der Waals surface area contributed by atoms with Crippen molar-refractivity contribution >= 4 is 5.78 Å². The summed E-state index contributed by atoms with van der Waals surface area (Å²) in [6, 6.07) is 6.41. The third-order valence-electron chi connectivity index (χ3n) is 1.91. The van der Waals surface area contributed by atoms with Gasteiger partial charge in [0, 0.05) is 6.42 Å². The van der Waals surface area contributed by atoms with Crippen molar-refractivity contribution in [1.29, 1.82) is 0 Å². The highest BCUT2D eigenvalue weighted by atomic mass is 19.1. The maximum Gasteiger partial charge on any atom is 0.129 e. The van der Waals surface area contributed by atoms with Gasteiger partial charge in [-0.3, -0.25) is 0 Å². The number of halogens is 1. The van der Waals surface area contributed by atoms with Crippen LogP contribution in [-0.2, 0) is 11.2 Å². The quantitative estimate of drug-likeness (QED) is 0.739. The maximum atomic E-state index is 12.5. The fourth-order valence-electron chi connectivity index (χ4n) is 1.19. The summed E-state index contributed by atoms with van der Waals surface area (Å²) in [5.41, 5.74) is 1.09. The van der Waals surface area contributed by atoms with Crippen molar-refractivity contribution in [3.05, 3.63) is 35.6 Å². The highest BCUT2D eigenvalue weighted by molar-refractivity contribution is 5.75. The summed E-state index contributed by atoms with van der Waals surface area (Å²) < 4.78 is 12.5. The molecular formula is C13H19FO. The second kappa shape index (κ2) is 8.16. The van der Waals surface area contributed by atoms with Gasteiger partial charge in [0.2, 0.25) is 0 Å². The molecule has 0 radical (unpaired) electrons. The molecule has 0 atom stereocenters. The fraction of sp³-hybridized carbons (Fsp3) is 0.462. The molecule has 0 amide bonds. The zero-order valence-corrected chi connectivity index (χ0v) is 9.72. The highest BCUT2D eigenvalue weighted by Crippen LogP contribution is 2.06. The lowest BCUT2D eigenvalue weighted by Crippen LogP contribution is -1.92. The van der Waals surface area contributed by atoms with Crippen LogP contribution in [0.25, 0.3) is 0 Å². The van der Waals surface area contributed by atoms with Gasteiger partial charge in [0.25, 0.3) is 0 Å². The molecule has 0 bridgehead atoms. The number of ketones is 1. The first kappa shape index (κ1) is 13.8. The van der Waals surface area contributed by atoms with E-state index in [1.165, 1.54) is 12.1 Å². The molecule has 0 N–H and O–H groups in total. The van der Waals surface area contributed by atoms with Crippen LogP contribution in [0, 0.1) is 5.82 Å². The Morgan fingerprint density at radius 3 is 2.20 bits per heavy atom. The topological polar surface area (TPSA) is 17.1 Å². The van der Waals surface area contributed by atoms with Gasteiger partial charge in [-0.1, -0.05) is 26.0 Å². The maximum absolute atomic E-state index is 12.5. The van der Waals surface area contributed by atoms with Crippen LogP contribution in [0.1, 0.15) is 39.2 Å². The largest absolute Gasteiger partial charge is 0.300 e. The fourth-order valence-corrected chi connectivity index (χ4v) is 1.19. The van der Waals surface area contributed by atoms with Gasteiger partial charge in [-0.15, -0.1) is 0 Å².